The molecule has 0 saturated heterocycles. The van der Waals surface area contributed by atoms with Gasteiger partial charge in [0.1, 0.15) is 5.76 Å². The third-order valence-corrected chi connectivity index (χ3v) is 3.35. The van der Waals surface area contributed by atoms with Crippen molar-refractivity contribution < 1.29 is 4.42 Å². The fraction of sp³-hybridized carbons (Fsp3) is 0.385. The molecule has 2 heterocycles. The number of furan rings is 1. The van der Waals surface area contributed by atoms with Crippen LogP contribution in [0.1, 0.15) is 30.0 Å². The van der Waals surface area contributed by atoms with Crippen molar-refractivity contribution in [1.29, 1.82) is 0 Å². The van der Waals surface area contributed by atoms with E-state index in [4.69, 9.17) is 16.6 Å². The van der Waals surface area contributed by atoms with E-state index in [-0.39, 0.29) is 6.04 Å². The molecule has 2 aromatic heterocycles. The number of hydrogen-bond acceptors (Lipinski definition) is 3. The van der Waals surface area contributed by atoms with Crippen molar-refractivity contribution in [2.75, 3.05) is 0 Å². The van der Waals surface area contributed by atoms with Crippen molar-refractivity contribution in [1.82, 2.24) is 20.4 Å². The summed E-state index contributed by atoms with van der Waals surface area (Å²) < 4.78 is 7.09. The number of nitrogens with zero attached hydrogens (tertiary/aromatic N) is 2. The highest BCUT2D eigenvalue weighted by Crippen LogP contribution is 2.15. The molecule has 0 fully saturated rings. The number of aryl methyl sites for hydroxylation is 1. The Morgan fingerprint density at radius 1 is 1.58 bits per heavy atom. The van der Waals surface area contributed by atoms with Crippen LogP contribution in [-0.4, -0.2) is 14.9 Å². The Kier molecular flexibility index (Phi) is 4.21. The molecule has 102 valence electrons. The van der Waals surface area contributed by atoms with Crippen molar-refractivity contribution in [2.24, 2.45) is 7.05 Å². The van der Waals surface area contributed by atoms with Crippen molar-refractivity contribution >= 4 is 17.3 Å². The third-order valence-electron chi connectivity index (χ3n) is 3.09. The Hall–Kier alpha value is -1.82. The van der Waals surface area contributed by atoms with Crippen LogP contribution in [-0.2, 0) is 13.6 Å². The Morgan fingerprint density at radius 2 is 2.37 bits per heavy atom. The minimum atomic E-state index is 0.116. The van der Waals surface area contributed by atoms with Gasteiger partial charge in [0, 0.05) is 18.3 Å². The predicted molar refractivity (Wildman–Crippen MR) is 77.6 cm³/mol. The van der Waals surface area contributed by atoms with E-state index in [1.807, 2.05) is 37.0 Å². The standard InChI is InChI=1S/C13H18N4OS/c1-9(12-8-15-17(3)10(12)2)16-13(19)14-7-11-5-4-6-18-11/h4-6,8-9H,7H2,1-3H3,(H2,14,16,19). The molecule has 0 aromatic carbocycles. The van der Waals surface area contributed by atoms with E-state index >= 15 is 0 Å². The maximum atomic E-state index is 5.26. The highest BCUT2D eigenvalue weighted by molar-refractivity contribution is 7.80. The number of nitrogens with one attached hydrogen (secondary N) is 2. The van der Waals surface area contributed by atoms with Gasteiger partial charge in [0.05, 0.1) is 25.0 Å². The van der Waals surface area contributed by atoms with E-state index in [0.717, 1.165) is 17.0 Å². The van der Waals surface area contributed by atoms with Crippen molar-refractivity contribution in [3.8, 4) is 0 Å². The molecular weight excluding hydrogens is 260 g/mol. The van der Waals surface area contributed by atoms with Gasteiger partial charge in [0.2, 0.25) is 0 Å². The summed E-state index contributed by atoms with van der Waals surface area (Å²) in [5.41, 5.74) is 2.28. The van der Waals surface area contributed by atoms with Crippen LogP contribution >= 0.6 is 12.2 Å². The molecule has 0 radical (unpaired) electrons. The summed E-state index contributed by atoms with van der Waals surface area (Å²) in [5, 5.41) is 11.2. The van der Waals surface area contributed by atoms with Gasteiger partial charge in [-0.1, -0.05) is 0 Å². The van der Waals surface area contributed by atoms with Crippen LogP contribution < -0.4 is 10.6 Å². The van der Waals surface area contributed by atoms with Gasteiger partial charge in [0.25, 0.3) is 0 Å². The summed E-state index contributed by atoms with van der Waals surface area (Å²) in [6.45, 7) is 4.68. The van der Waals surface area contributed by atoms with Crippen LogP contribution in [0.2, 0.25) is 0 Å². The first-order chi connectivity index (χ1) is 9.08. The van der Waals surface area contributed by atoms with E-state index in [2.05, 4.69) is 22.7 Å². The van der Waals surface area contributed by atoms with Crippen molar-refractivity contribution in [2.45, 2.75) is 26.4 Å². The molecule has 0 saturated carbocycles. The zero-order chi connectivity index (χ0) is 13.8. The van der Waals surface area contributed by atoms with E-state index in [1.165, 1.54) is 0 Å². The fourth-order valence-electron chi connectivity index (χ4n) is 1.85. The second-order valence-electron chi connectivity index (χ2n) is 4.44. The number of rotatable bonds is 4. The molecule has 19 heavy (non-hydrogen) atoms. The summed E-state index contributed by atoms with van der Waals surface area (Å²) in [4.78, 5) is 0. The van der Waals surface area contributed by atoms with E-state index in [1.54, 1.807) is 6.26 Å². The molecular formula is C13H18N4OS. The molecule has 2 rings (SSSR count). The van der Waals surface area contributed by atoms with Crippen LogP contribution in [0, 0.1) is 6.92 Å². The van der Waals surface area contributed by atoms with Gasteiger partial charge in [-0.05, 0) is 38.2 Å². The van der Waals surface area contributed by atoms with Gasteiger partial charge in [-0.3, -0.25) is 4.68 Å². The van der Waals surface area contributed by atoms with Crippen molar-refractivity contribution in [3.05, 3.63) is 41.6 Å². The van der Waals surface area contributed by atoms with Gasteiger partial charge >= 0.3 is 0 Å². The summed E-state index contributed by atoms with van der Waals surface area (Å²) >= 11 is 5.26. The highest BCUT2D eigenvalue weighted by Gasteiger charge is 2.12. The van der Waals surface area contributed by atoms with Crippen molar-refractivity contribution in [3.63, 3.8) is 0 Å². The lowest BCUT2D eigenvalue weighted by Gasteiger charge is -2.16. The minimum Gasteiger partial charge on any atom is -0.467 e. The largest absolute Gasteiger partial charge is 0.467 e. The average molecular weight is 278 g/mol. The first kappa shape index (κ1) is 13.6. The summed E-state index contributed by atoms with van der Waals surface area (Å²) in [7, 11) is 1.93. The Labute approximate surface area is 118 Å². The molecule has 0 aliphatic rings. The van der Waals surface area contributed by atoms with Crippen LogP contribution in [0.5, 0.6) is 0 Å². The first-order valence-corrected chi connectivity index (χ1v) is 6.54. The highest BCUT2D eigenvalue weighted by atomic mass is 32.1. The normalized spacial score (nSPS) is 12.2. The number of hydrogen-bond donors (Lipinski definition) is 2. The van der Waals surface area contributed by atoms with Gasteiger partial charge < -0.3 is 15.1 Å². The maximum Gasteiger partial charge on any atom is 0.167 e. The topological polar surface area (TPSA) is 55.0 Å². The molecule has 0 aliphatic heterocycles. The third kappa shape index (κ3) is 3.35. The lowest BCUT2D eigenvalue weighted by atomic mass is 10.1. The monoisotopic (exact) mass is 278 g/mol. The molecule has 2 aromatic rings. The molecule has 0 amide bonds. The summed E-state index contributed by atoms with van der Waals surface area (Å²) in [5.74, 6) is 0.856. The molecule has 2 N–H and O–H groups in total. The molecule has 5 nitrogen and oxygen atoms in total. The number of aromatic nitrogens is 2. The van der Waals surface area contributed by atoms with Gasteiger partial charge in [-0.2, -0.15) is 5.10 Å². The van der Waals surface area contributed by atoms with Gasteiger partial charge in [-0.15, -0.1) is 0 Å². The van der Waals surface area contributed by atoms with Gasteiger partial charge in [0.15, 0.2) is 5.11 Å². The van der Waals surface area contributed by atoms with Crippen LogP contribution in [0.25, 0.3) is 0 Å². The minimum absolute atomic E-state index is 0.116. The quantitative estimate of drug-likeness (QED) is 0.838. The SMILES string of the molecule is Cc1c(C(C)NC(=S)NCc2ccco2)cnn1C. The predicted octanol–water partition coefficient (Wildman–Crippen LogP) is 2.05. The fourth-order valence-corrected chi connectivity index (χ4v) is 2.10. The molecule has 0 bridgehead atoms. The lowest BCUT2D eigenvalue weighted by Crippen LogP contribution is -2.36. The Balaban J connectivity index is 1.86. The molecule has 6 heteroatoms. The zero-order valence-corrected chi connectivity index (χ0v) is 12.1. The van der Waals surface area contributed by atoms with Crippen LogP contribution in [0.4, 0.5) is 0 Å². The molecule has 1 atom stereocenters. The lowest BCUT2D eigenvalue weighted by molar-refractivity contribution is 0.501. The average Bonchev–Trinajstić information content (AvgIpc) is 2.98. The van der Waals surface area contributed by atoms with E-state index < -0.39 is 0 Å². The second kappa shape index (κ2) is 5.88. The molecule has 0 spiro atoms. The smallest absolute Gasteiger partial charge is 0.167 e. The Bertz CT molecular complexity index is 547. The first-order valence-electron chi connectivity index (χ1n) is 6.13. The second-order valence-corrected chi connectivity index (χ2v) is 4.85. The van der Waals surface area contributed by atoms with E-state index in [0.29, 0.717) is 11.7 Å². The summed E-state index contributed by atoms with van der Waals surface area (Å²) in [6, 6.07) is 3.88. The zero-order valence-electron chi connectivity index (χ0n) is 11.3. The maximum absolute atomic E-state index is 5.26. The van der Waals surface area contributed by atoms with E-state index in [9.17, 15) is 0 Å². The molecule has 1 unspecified atom stereocenters. The number of thiocarbonyl (C=S) groups is 1. The van der Waals surface area contributed by atoms with Crippen LogP contribution in [0.15, 0.2) is 29.0 Å². The summed E-state index contributed by atoms with van der Waals surface area (Å²) in [6.07, 6.45) is 3.51. The molecule has 0 aliphatic carbocycles. The van der Waals surface area contributed by atoms with Gasteiger partial charge in [-0.25, -0.2) is 0 Å². The van der Waals surface area contributed by atoms with Crippen LogP contribution in [0.3, 0.4) is 0 Å². The Morgan fingerprint density at radius 3 is 2.95 bits per heavy atom.